The molecule has 1 atom stereocenters. The summed E-state index contributed by atoms with van der Waals surface area (Å²) in [6.45, 7) is 6.85. The van der Waals surface area contributed by atoms with E-state index < -0.39 is 17.3 Å². The van der Waals surface area contributed by atoms with Crippen molar-refractivity contribution >= 4 is 6.09 Å². The van der Waals surface area contributed by atoms with Crippen LogP contribution in [0.3, 0.4) is 0 Å². The number of hydrogen-bond donors (Lipinski definition) is 0. The highest BCUT2D eigenvalue weighted by Crippen LogP contribution is 2.29. The topological polar surface area (TPSA) is 51.7 Å². The van der Waals surface area contributed by atoms with Gasteiger partial charge in [-0.3, -0.25) is 0 Å². The number of alkyl halides is 3. The van der Waals surface area contributed by atoms with Crippen LogP contribution in [0.4, 0.5) is 18.0 Å². The summed E-state index contributed by atoms with van der Waals surface area (Å²) in [7, 11) is 0. The molecule has 0 saturated carbocycles. The van der Waals surface area contributed by atoms with E-state index in [9.17, 15) is 18.0 Å². The fourth-order valence-electron chi connectivity index (χ4n) is 2.53. The van der Waals surface area contributed by atoms with Crippen LogP contribution >= 0.6 is 0 Å². The lowest BCUT2D eigenvalue weighted by Gasteiger charge is -2.33. The maximum Gasteiger partial charge on any atom is 0.417 e. The van der Waals surface area contributed by atoms with E-state index in [0.717, 1.165) is 25.1 Å². The Kier molecular flexibility index (Phi) is 5.80. The first-order valence-electron chi connectivity index (χ1n) is 8.18. The Bertz CT molecular complexity index is 582. The third-order valence-corrected chi connectivity index (χ3v) is 3.70. The van der Waals surface area contributed by atoms with Gasteiger partial charge >= 0.3 is 12.3 Å². The summed E-state index contributed by atoms with van der Waals surface area (Å²) in [6.07, 6.45) is -2.32. The molecule has 0 aromatic carbocycles. The number of rotatable bonds is 3. The normalized spacial score (nSPS) is 18.8. The van der Waals surface area contributed by atoms with E-state index in [2.05, 4.69) is 4.98 Å². The minimum atomic E-state index is -4.41. The second kappa shape index (κ2) is 7.49. The Hall–Kier alpha value is -1.99. The van der Waals surface area contributed by atoms with Gasteiger partial charge in [-0.2, -0.15) is 13.2 Å². The first kappa shape index (κ1) is 19.3. The van der Waals surface area contributed by atoms with E-state index in [4.69, 9.17) is 9.47 Å². The quantitative estimate of drug-likeness (QED) is 0.813. The Morgan fingerprint density at radius 2 is 2.04 bits per heavy atom. The molecule has 0 bridgehead atoms. The van der Waals surface area contributed by atoms with E-state index in [1.807, 2.05) is 20.8 Å². The molecular formula is C17H23F3N2O3. The van der Waals surface area contributed by atoms with Crippen LogP contribution in [0.1, 0.15) is 39.2 Å². The molecule has 1 amide bonds. The summed E-state index contributed by atoms with van der Waals surface area (Å²) in [6, 6.07) is 2.15. The van der Waals surface area contributed by atoms with Crippen LogP contribution in [0.15, 0.2) is 18.3 Å². The van der Waals surface area contributed by atoms with E-state index in [-0.39, 0.29) is 24.5 Å². The highest BCUT2D eigenvalue weighted by atomic mass is 19.4. The maximum atomic E-state index is 12.5. The van der Waals surface area contributed by atoms with Crippen molar-refractivity contribution in [3.63, 3.8) is 0 Å². The van der Waals surface area contributed by atoms with Gasteiger partial charge in [0.2, 0.25) is 5.88 Å². The molecule has 140 valence electrons. The van der Waals surface area contributed by atoms with Gasteiger partial charge in [0.15, 0.2) is 0 Å². The van der Waals surface area contributed by atoms with Crippen LogP contribution in [0.25, 0.3) is 0 Å². The molecule has 1 aromatic heterocycles. The van der Waals surface area contributed by atoms with Crippen molar-refractivity contribution in [2.24, 2.45) is 5.92 Å². The lowest BCUT2D eigenvalue weighted by molar-refractivity contribution is -0.137. The number of amides is 1. The van der Waals surface area contributed by atoms with Crippen molar-refractivity contribution in [2.75, 3.05) is 19.7 Å². The van der Waals surface area contributed by atoms with Crippen LogP contribution in [0.5, 0.6) is 5.88 Å². The molecule has 1 aliphatic heterocycles. The number of nitrogens with zero attached hydrogens (tertiary/aromatic N) is 2. The van der Waals surface area contributed by atoms with Crippen LogP contribution in [0.2, 0.25) is 0 Å². The zero-order valence-electron chi connectivity index (χ0n) is 14.6. The first-order valence-corrected chi connectivity index (χ1v) is 8.18. The first-order chi connectivity index (χ1) is 11.5. The third kappa shape index (κ3) is 6.10. The number of carbonyl (C=O) groups is 1. The predicted molar refractivity (Wildman–Crippen MR) is 85.3 cm³/mol. The standard InChI is InChI=1S/C17H23F3N2O3/c1-16(2,3)25-15(23)22-8-4-5-12(10-22)11-24-14-7-6-13(9-21-14)17(18,19)20/h6-7,9,12H,4-5,8,10-11H2,1-3H3/t12-/m1/s1. The zero-order valence-corrected chi connectivity index (χ0v) is 14.6. The molecule has 1 fully saturated rings. The smallest absolute Gasteiger partial charge is 0.417 e. The Morgan fingerprint density at radius 1 is 1.32 bits per heavy atom. The molecule has 0 spiro atoms. The minimum Gasteiger partial charge on any atom is -0.477 e. The summed E-state index contributed by atoms with van der Waals surface area (Å²) in [5.41, 5.74) is -1.36. The van der Waals surface area contributed by atoms with Gasteiger partial charge in [-0.1, -0.05) is 0 Å². The highest BCUT2D eigenvalue weighted by molar-refractivity contribution is 5.68. The number of pyridine rings is 1. The monoisotopic (exact) mass is 360 g/mol. The number of hydrogen-bond acceptors (Lipinski definition) is 4. The highest BCUT2D eigenvalue weighted by Gasteiger charge is 2.31. The average Bonchev–Trinajstić information content (AvgIpc) is 2.51. The molecule has 1 aliphatic rings. The van der Waals surface area contributed by atoms with Gasteiger partial charge in [-0.05, 0) is 39.7 Å². The van der Waals surface area contributed by atoms with E-state index in [1.165, 1.54) is 6.07 Å². The maximum absolute atomic E-state index is 12.5. The molecule has 0 radical (unpaired) electrons. The van der Waals surface area contributed by atoms with Crippen LogP contribution in [-0.2, 0) is 10.9 Å². The SMILES string of the molecule is CC(C)(C)OC(=O)N1CCC[C@@H](COc2ccc(C(F)(F)F)cn2)C1. The molecule has 1 aromatic rings. The molecule has 2 heterocycles. The molecule has 1 saturated heterocycles. The second-order valence-electron chi connectivity index (χ2n) is 7.13. The molecule has 8 heteroatoms. The average molecular weight is 360 g/mol. The summed E-state index contributed by atoms with van der Waals surface area (Å²) < 4.78 is 48.4. The third-order valence-electron chi connectivity index (χ3n) is 3.70. The van der Waals surface area contributed by atoms with Crippen molar-refractivity contribution in [3.05, 3.63) is 23.9 Å². The lowest BCUT2D eigenvalue weighted by Crippen LogP contribution is -2.44. The van der Waals surface area contributed by atoms with E-state index in [1.54, 1.807) is 4.90 Å². The van der Waals surface area contributed by atoms with Crippen LogP contribution in [-0.4, -0.2) is 41.3 Å². The largest absolute Gasteiger partial charge is 0.477 e. The van der Waals surface area contributed by atoms with Gasteiger partial charge in [-0.15, -0.1) is 0 Å². The number of halogens is 3. The number of ether oxygens (including phenoxy) is 2. The van der Waals surface area contributed by atoms with Crippen molar-refractivity contribution < 1.29 is 27.4 Å². The predicted octanol–water partition coefficient (Wildman–Crippen LogP) is 4.13. The van der Waals surface area contributed by atoms with Crippen molar-refractivity contribution in [1.29, 1.82) is 0 Å². The van der Waals surface area contributed by atoms with Gasteiger partial charge < -0.3 is 14.4 Å². The van der Waals surface area contributed by atoms with Crippen molar-refractivity contribution in [1.82, 2.24) is 9.88 Å². The number of likely N-dealkylation sites (tertiary alicyclic amines) is 1. The van der Waals surface area contributed by atoms with E-state index in [0.29, 0.717) is 13.1 Å². The van der Waals surface area contributed by atoms with Crippen LogP contribution < -0.4 is 4.74 Å². The molecule has 0 aliphatic carbocycles. The van der Waals surface area contributed by atoms with Gasteiger partial charge in [0.1, 0.15) is 5.60 Å². The Labute approximate surface area is 145 Å². The van der Waals surface area contributed by atoms with Gasteiger partial charge in [0, 0.05) is 31.3 Å². The fraction of sp³-hybridized carbons (Fsp3) is 0.647. The van der Waals surface area contributed by atoms with Crippen molar-refractivity contribution in [3.8, 4) is 5.88 Å². The summed E-state index contributed by atoms with van der Waals surface area (Å²) >= 11 is 0. The molecule has 5 nitrogen and oxygen atoms in total. The lowest BCUT2D eigenvalue weighted by atomic mass is 9.99. The molecule has 0 N–H and O–H groups in total. The number of carbonyl (C=O) groups excluding carboxylic acids is 1. The van der Waals surface area contributed by atoms with Crippen LogP contribution in [0, 0.1) is 5.92 Å². The van der Waals surface area contributed by atoms with Crippen molar-refractivity contribution in [2.45, 2.75) is 45.4 Å². The number of aromatic nitrogens is 1. The zero-order chi connectivity index (χ0) is 18.7. The molecule has 2 rings (SSSR count). The fourth-order valence-corrected chi connectivity index (χ4v) is 2.53. The molecule has 25 heavy (non-hydrogen) atoms. The summed E-state index contributed by atoms with van der Waals surface area (Å²) in [4.78, 5) is 17.4. The van der Waals surface area contributed by atoms with Gasteiger partial charge in [-0.25, -0.2) is 9.78 Å². The van der Waals surface area contributed by atoms with Gasteiger partial charge in [0.25, 0.3) is 0 Å². The summed E-state index contributed by atoms with van der Waals surface area (Å²) in [5, 5.41) is 0. The summed E-state index contributed by atoms with van der Waals surface area (Å²) in [5.74, 6) is 0.229. The molecule has 0 unspecified atom stereocenters. The second-order valence-corrected chi connectivity index (χ2v) is 7.13. The van der Waals surface area contributed by atoms with Gasteiger partial charge in [0.05, 0.1) is 12.2 Å². The Morgan fingerprint density at radius 3 is 2.60 bits per heavy atom. The minimum absolute atomic E-state index is 0.0883. The number of piperidine rings is 1. The Balaban J connectivity index is 1.85. The molecular weight excluding hydrogens is 337 g/mol. The van der Waals surface area contributed by atoms with E-state index >= 15 is 0 Å².